The SMILES string of the molecule is COC(=O)c1cc(S(=O)(=O)Cl)c2cnn(-c3ccc(F)cc3)c2c1. The number of carbonyl (C=O) groups excluding carboxylic acids is 1. The fourth-order valence-electron chi connectivity index (χ4n) is 2.32. The van der Waals surface area contributed by atoms with Crippen molar-refractivity contribution >= 4 is 36.6 Å². The van der Waals surface area contributed by atoms with Gasteiger partial charge in [0.15, 0.2) is 0 Å². The second kappa shape index (κ2) is 5.88. The van der Waals surface area contributed by atoms with Crippen molar-refractivity contribution in [3.05, 3.63) is 54.0 Å². The van der Waals surface area contributed by atoms with Gasteiger partial charge < -0.3 is 4.74 Å². The quantitative estimate of drug-likeness (QED) is 0.524. The van der Waals surface area contributed by atoms with Crippen LogP contribution < -0.4 is 0 Å². The van der Waals surface area contributed by atoms with Crippen molar-refractivity contribution in [3.8, 4) is 5.69 Å². The molecule has 3 rings (SSSR count). The van der Waals surface area contributed by atoms with Gasteiger partial charge in [-0.1, -0.05) is 0 Å². The number of fused-ring (bicyclic) bond motifs is 1. The van der Waals surface area contributed by atoms with E-state index >= 15 is 0 Å². The smallest absolute Gasteiger partial charge is 0.337 e. The number of halogens is 2. The van der Waals surface area contributed by atoms with Crippen molar-refractivity contribution in [2.75, 3.05) is 7.11 Å². The average molecular weight is 369 g/mol. The summed E-state index contributed by atoms with van der Waals surface area (Å²) in [5.41, 5.74) is 0.822. The maximum absolute atomic E-state index is 13.1. The van der Waals surface area contributed by atoms with E-state index in [1.165, 1.54) is 48.3 Å². The van der Waals surface area contributed by atoms with Gasteiger partial charge in [0.2, 0.25) is 0 Å². The van der Waals surface area contributed by atoms with Crippen LogP contribution in [0.5, 0.6) is 0 Å². The molecule has 0 saturated heterocycles. The molecule has 0 fully saturated rings. The molecular formula is C15H10ClFN2O4S. The third kappa shape index (κ3) is 2.85. The van der Waals surface area contributed by atoms with Gasteiger partial charge in [0, 0.05) is 16.1 Å². The van der Waals surface area contributed by atoms with E-state index in [4.69, 9.17) is 10.7 Å². The van der Waals surface area contributed by atoms with E-state index in [2.05, 4.69) is 9.84 Å². The first kappa shape index (κ1) is 16.4. The molecular weight excluding hydrogens is 359 g/mol. The zero-order valence-corrected chi connectivity index (χ0v) is 13.8. The summed E-state index contributed by atoms with van der Waals surface area (Å²) < 4.78 is 42.8. The van der Waals surface area contributed by atoms with Crippen molar-refractivity contribution < 1.29 is 22.3 Å². The zero-order valence-electron chi connectivity index (χ0n) is 12.2. The molecule has 9 heteroatoms. The van der Waals surface area contributed by atoms with E-state index in [9.17, 15) is 17.6 Å². The van der Waals surface area contributed by atoms with Crippen molar-refractivity contribution in [3.63, 3.8) is 0 Å². The summed E-state index contributed by atoms with van der Waals surface area (Å²) >= 11 is 0. The van der Waals surface area contributed by atoms with Crippen molar-refractivity contribution in [2.24, 2.45) is 0 Å². The van der Waals surface area contributed by atoms with E-state index in [-0.39, 0.29) is 15.8 Å². The molecule has 0 spiro atoms. The largest absolute Gasteiger partial charge is 0.465 e. The minimum absolute atomic E-state index is 0.00749. The maximum Gasteiger partial charge on any atom is 0.337 e. The molecule has 24 heavy (non-hydrogen) atoms. The second-order valence-electron chi connectivity index (χ2n) is 4.87. The topological polar surface area (TPSA) is 78.3 Å². The highest BCUT2D eigenvalue weighted by molar-refractivity contribution is 8.14. The molecule has 2 aromatic carbocycles. The summed E-state index contributed by atoms with van der Waals surface area (Å²) in [6.45, 7) is 0. The minimum atomic E-state index is -4.12. The van der Waals surface area contributed by atoms with Crippen LogP contribution in [-0.2, 0) is 13.8 Å². The van der Waals surface area contributed by atoms with E-state index < -0.39 is 20.8 Å². The molecule has 0 N–H and O–H groups in total. The lowest BCUT2D eigenvalue weighted by Crippen LogP contribution is -2.05. The molecule has 0 bridgehead atoms. The van der Waals surface area contributed by atoms with Gasteiger partial charge in [-0.25, -0.2) is 22.3 Å². The van der Waals surface area contributed by atoms with Gasteiger partial charge in [-0.15, -0.1) is 0 Å². The highest BCUT2D eigenvalue weighted by atomic mass is 35.7. The van der Waals surface area contributed by atoms with Crippen molar-refractivity contribution in [2.45, 2.75) is 4.90 Å². The molecule has 0 aliphatic carbocycles. The highest BCUT2D eigenvalue weighted by Crippen LogP contribution is 2.29. The van der Waals surface area contributed by atoms with Gasteiger partial charge in [-0.05, 0) is 36.4 Å². The lowest BCUT2D eigenvalue weighted by atomic mass is 10.1. The van der Waals surface area contributed by atoms with Crippen LogP contribution >= 0.6 is 10.7 Å². The summed E-state index contributed by atoms with van der Waals surface area (Å²) in [4.78, 5) is 11.6. The number of hydrogen-bond acceptors (Lipinski definition) is 5. The number of benzene rings is 2. The lowest BCUT2D eigenvalue weighted by molar-refractivity contribution is 0.0600. The average Bonchev–Trinajstić information content (AvgIpc) is 2.96. The first-order chi connectivity index (χ1) is 11.3. The Balaban J connectivity index is 2.34. The van der Waals surface area contributed by atoms with E-state index in [0.717, 1.165) is 6.07 Å². The van der Waals surface area contributed by atoms with Gasteiger partial charge in [-0.2, -0.15) is 5.10 Å². The zero-order chi connectivity index (χ0) is 17.5. The molecule has 0 aliphatic heterocycles. The van der Waals surface area contributed by atoms with Crippen LogP contribution in [0.15, 0.2) is 47.5 Å². The van der Waals surface area contributed by atoms with E-state index in [0.29, 0.717) is 11.2 Å². The van der Waals surface area contributed by atoms with Crippen LogP contribution in [0.2, 0.25) is 0 Å². The Kier molecular flexibility index (Phi) is 4.02. The van der Waals surface area contributed by atoms with Crippen molar-refractivity contribution in [1.29, 1.82) is 0 Å². The van der Waals surface area contributed by atoms with Crippen LogP contribution in [0.25, 0.3) is 16.6 Å². The molecule has 1 aromatic heterocycles. The Bertz CT molecular complexity index is 1050. The second-order valence-corrected chi connectivity index (χ2v) is 7.40. The van der Waals surface area contributed by atoms with Gasteiger partial charge in [0.05, 0.1) is 35.0 Å². The third-order valence-corrected chi connectivity index (χ3v) is 4.77. The van der Waals surface area contributed by atoms with Crippen LogP contribution in [-0.4, -0.2) is 31.3 Å². The van der Waals surface area contributed by atoms with Gasteiger partial charge in [0.25, 0.3) is 9.05 Å². The Hall–Kier alpha value is -2.45. The number of ether oxygens (including phenoxy) is 1. The predicted octanol–water partition coefficient (Wildman–Crippen LogP) is 2.88. The summed E-state index contributed by atoms with van der Waals surface area (Å²) in [7, 11) is 2.53. The first-order valence-electron chi connectivity index (χ1n) is 6.62. The molecule has 3 aromatic rings. The number of carbonyl (C=O) groups is 1. The Morgan fingerprint density at radius 3 is 2.50 bits per heavy atom. The molecule has 1 heterocycles. The first-order valence-corrected chi connectivity index (χ1v) is 8.93. The summed E-state index contributed by atoms with van der Waals surface area (Å²) in [6, 6.07) is 8.00. The minimum Gasteiger partial charge on any atom is -0.465 e. The van der Waals surface area contributed by atoms with Crippen molar-refractivity contribution in [1.82, 2.24) is 9.78 Å². The van der Waals surface area contributed by atoms with Crippen LogP contribution in [0.3, 0.4) is 0 Å². The molecule has 0 saturated carbocycles. The fraction of sp³-hybridized carbons (Fsp3) is 0.0667. The normalized spacial score (nSPS) is 11.6. The Morgan fingerprint density at radius 1 is 1.25 bits per heavy atom. The fourth-order valence-corrected chi connectivity index (χ4v) is 3.39. The number of methoxy groups -OCH3 is 1. The molecule has 0 atom stereocenters. The Morgan fingerprint density at radius 2 is 1.92 bits per heavy atom. The summed E-state index contributed by atoms with van der Waals surface area (Å²) in [5, 5.41) is 4.35. The Labute approximate surface area is 140 Å². The van der Waals surface area contributed by atoms with E-state index in [1.807, 2.05) is 0 Å². The molecule has 0 unspecified atom stereocenters. The van der Waals surface area contributed by atoms with Crippen LogP contribution in [0.4, 0.5) is 4.39 Å². The van der Waals surface area contributed by atoms with Gasteiger partial charge in [-0.3, -0.25) is 0 Å². The number of aromatic nitrogens is 2. The van der Waals surface area contributed by atoms with E-state index in [1.54, 1.807) is 0 Å². The molecule has 0 radical (unpaired) electrons. The maximum atomic E-state index is 13.1. The van der Waals surface area contributed by atoms with Gasteiger partial charge >= 0.3 is 5.97 Å². The van der Waals surface area contributed by atoms with Gasteiger partial charge in [0.1, 0.15) is 5.82 Å². The monoisotopic (exact) mass is 368 g/mol. The number of hydrogen-bond donors (Lipinski definition) is 0. The standard InChI is InChI=1S/C15H10ClFN2O4S/c1-23-15(20)9-6-13-12(14(7-9)24(16,21)22)8-18-19(13)11-4-2-10(17)3-5-11/h2-8H,1H3. The molecule has 0 amide bonds. The number of esters is 1. The summed E-state index contributed by atoms with van der Waals surface area (Å²) in [6.07, 6.45) is 1.31. The number of nitrogens with zero attached hydrogens (tertiary/aromatic N) is 2. The molecule has 6 nitrogen and oxygen atoms in total. The van der Waals surface area contributed by atoms with Crippen LogP contribution in [0, 0.1) is 5.82 Å². The molecule has 0 aliphatic rings. The number of rotatable bonds is 3. The predicted molar refractivity (Wildman–Crippen MR) is 85.4 cm³/mol. The molecule has 124 valence electrons. The third-order valence-electron chi connectivity index (χ3n) is 3.41. The summed E-state index contributed by atoms with van der Waals surface area (Å²) in [5.74, 6) is -1.14. The van der Waals surface area contributed by atoms with Crippen LogP contribution in [0.1, 0.15) is 10.4 Å². The highest BCUT2D eigenvalue weighted by Gasteiger charge is 2.21. The lowest BCUT2D eigenvalue weighted by Gasteiger charge is -2.07.